The Hall–Kier alpha value is -2.79. The minimum absolute atomic E-state index is 0.0638. The van der Waals surface area contributed by atoms with E-state index in [9.17, 15) is 4.79 Å². The summed E-state index contributed by atoms with van der Waals surface area (Å²) in [6.07, 6.45) is 2.48. The van der Waals surface area contributed by atoms with E-state index in [1.54, 1.807) is 7.11 Å². The van der Waals surface area contributed by atoms with Crippen molar-refractivity contribution < 1.29 is 14.3 Å². The number of likely N-dealkylation sites (tertiary alicyclic amines) is 1. The zero-order chi connectivity index (χ0) is 21.1. The normalized spacial score (nSPS) is 16.7. The predicted molar refractivity (Wildman–Crippen MR) is 120 cm³/mol. The third kappa shape index (κ3) is 4.08. The van der Waals surface area contributed by atoms with Gasteiger partial charge in [-0.2, -0.15) is 0 Å². The van der Waals surface area contributed by atoms with Gasteiger partial charge in [0.05, 0.1) is 24.9 Å². The zero-order valence-corrected chi connectivity index (χ0v) is 18.0. The summed E-state index contributed by atoms with van der Waals surface area (Å²) in [5.41, 5.74) is 4.43. The van der Waals surface area contributed by atoms with Gasteiger partial charge in [0.15, 0.2) is 0 Å². The Kier molecular flexibility index (Phi) is 6.09. The topological polar surface area (TPSA) is 54.6 Å². The van der Waals surface area contributed by atoms with E-state index >= 15 is 0 Å². The van der Waals surface area contributed by atoms with Crippen LogP contribution in [0.5, 0.6) is 5.75 Å². The first kappa shape index (κ1) is 20.5. The number of rotatable bonds is 8. The molecule has 5 nitrogen and oxygen atoms in total. The van der Waals surface area contributed by atoms with Gasteiger partial charge in [0.2, 0.25) is 5.91 Å². The molecule has 1 saturated heterocycles. The fourth-order valence-corrected chi connectivity index (χ4v) is 4.38. The van der Waals surface area contributed by atoms with Gasteiger partial charge in [0.25, 0.3) is 0 Å². The highest BCUT2D eigenvalue weighted by Crippen LogP contribution is 2.42. The number of benzene rings is 2. The first-order valence-electron chi connectivity index (χ1n) is 10.7. The van der Waals surface area contributed by atoms with Crippen molar-refractivity contribution in [2.24, 2.45) is 0 Å². The van der Waals surface area contributed by atoms with Gasteiger partial charge >= 0.3 is 0 Å². The number of nitrogens with one attached hydrogen (secondary N) is 1. The van der Waals surface area contributed by atoms with Gasteiger partial charge < -0.3 is 19.4 Å². The molecule has 4 rings (SSSR count). The van der Waals surface area contributed by atoms with E-state index in [0.29, 0.717) is 19.6 Å². The van der Waals surface area contributed by atoms with Crippen LogP contribution >= 0.6 is 0 Å². The van der Waals surface area contributed by atoms with Crippen LogP contribution in [0.4, 0.5) is 0 Å². The van der Waals surface area contributed by atoms with Crippen LogP contribution in [0, 0.1) is 0 Å². The lowest BCUT2D eigenvalue weighted by Gasteiger charge is -2.26. The van der Waals surface area contributed by atoms with E-state index in [0.717, 1.165) is 35.4 Å². The number of aromatic amines is 1. The van der Waals surface area contributed by atoms with E-state index in [2.05, 4.69) is 29.2 Å². The molecule has 1 unspecified atom stereocenters. The number of carbonyl (C=O) groups excluding carboxylic acids is 1. The number of nitrogens with zero attached hydrogens (tertiary/aromatic N) is 1. The fraction of sp³-hybridized carbons (Fsp3) is 0.400. The van der Waals surface area contributed by atoms with Crippen LogP contribution in [0.25, 0.3) is 22.2 Å². The number of H-pyrrole nitrogens is 1. The highest BCUT2D eigenvalue weighted by molar-refractivity contribution is 5.93. The molecule has 0 bridgehead atoms. The molecular weight excluding hydrogens is 376 g/mol. The summed E-state index contributed by atoms with van der Waals surface area (Å²) in [6.45, 7) is 5.46. The maximum Gasteiger partial charge on any atom is 0.223 e. The molecule has 5 heteroatoms. The molecule has 2 aromatic carbocycles. The number of hydrogen-bond acceptors (Lipinski definition) is 3. The van der Waals surface area contributed by atoms with Crippen molar-refractivity contribution in [1.29, 1.82) is 0 Å². The Morgan fingerprint density at radius 1 is 1.17 bits per heavy atom. The lowest BCUT2D eigenvalue weighted by atomic mass is 9.97. The summed E-state index contributed by atoms with van der Waals surface area (Å²) < 4.78 is 11.1. The fourth-order valence-electron chi connectivity index (χ4n) is 4.38. The van der Waals surface area contributed by atoms with Crippen molar-refractivity contribution in [2.75, 3.05) is 20.3 Å². The molecule has 30 heavy (non-hydrogen) atoms. The third-order valence-electron chi connectivity index (χ3n) is 5.76. The molecule has 0 spiro atoms. The van der Waals surface area contributed by atoms with E-state index in [4.69, 9.17) is 9.47 Å². The van der Waals surface area contributed by atoms with Crippen molar-refractivity contribution in [3.05, 3.63) is 54.1 Å². The van der Waals surface area contributed by atoms with Gasteiger partial charge in [-0.1, -0.05) is 30.3 Å². The monoisotopic (exact) mass is 406 g/mol. The van der Waals surface area contributed by atoms with Crippen LogP contribution < -0.4 is 4.74 Å². The van der Waals surface area contributed by atoms with Crippen LogP contribution in [0.1, 0.15) is 44.7 Å². The van der Waals surface area contributed by atoms with Gasteiger partial charge in [0, 0.05) is 41.6 Å². The number of amides is 1. The molecule has 1 atom stereocenters. The number of aromatic nitrogens is 1. The van der Waals surface area contributed by atoms with Crippen molar-refractivity contribution >= 4 is 16.8 Å². The number of ether oxygens (including phenoxy) is 2. The largest absolute Gasteiger partial charge is 0.497 e. The lowest BCUT2D eigenvalue weighted by molar-refractivity contribution is -0.129. The summed E-state index contributed by atoms with van der Waals surface area (Å²) >= 11 is 0. The highest BCUT2D eigenvalue weighted by atomic mass is 16.5. The van der Waals surface area contributed by atoms with Crippen LogP contribution in [0.2, 0.25) is 0 Å². The second-order valence-corrected chi connectivity index (χ2v) is 8.11. The second kappa shape index (κ2) is 8.92. The molecule has 0 saturated carbocycles. The van der Waals surface area contributed by atoms with Gasteiger partial charge in [-0.05, 0) is 44.9 Å². The molecule has 1 N–H and O–H groups in total. The van der Waals surface area contributed by atoms with Crippen LogP contribution in [0.15, 0.2) is 48.5 Å². The number of methoxy groups -OCH3 is 1. The first-order valence-corrected chi connectivity index (χ1v) is 10.7. The number of carbonyl (C=O) groups is 1. The Labute approximate surface area is 178 Å². The molecular formula is C25H30N2O3. The summed E-state index contributed by atoms with van der Waals surface area (Å²) in [5.74, 6) is 1.05. The summed E-state index contributed by atoms with van der Waals surface area (Å²) in [7, 11) is 1.68. The van der Waals surface area contributed by atoms with Crippen LogP contribution in [-0.4, -0.2) is 42.2 Å². The van der Waals surface area contributed by atoms with Crippen molar-refractivity contribution in [3.63, 3.8) is 0 Å². The molecule has 0 radical (unpaired) electrons. The van der Waals surface area contributed by atoms with Crippen molar-refractivity contribution in [2.45, 2.75) is 45.3 Å². The SMILES string of the molecule is COc1cccc(-c2[nH]c3ccccc3c2C2CCC(=O)N2CCCOC(C)C)c1. The molecule has 1 fully saturated rings. The van der Waals surface area contributed by atoms with Crippen molar-refractivity contribution in [3.8, 4) is 17.0 Å². The van der Waals surface area contributed by atoms with E-state index < -0.39 is 0 Å². The van der Waals surface area contributed by atoms with Crippen LogP contribution in [0.3, 0.4) is 0 Å². The minimum atomic E-state index is 0.0638. The molecule has 1 aliphatic rings. The summed E-state index contributed by atoms with van der Waals surface area (Å²) in [5, 5.41) is 1.18. The zero-order valence-electron chi connectivity index (χ0n) is 18.0. The smallest absolute Gasteiger partial charge is 0.223 e. The molecule has 1 aliphatic heterocycles. The Balaban J connectivity index is 1.72. The number of fused-ring (bicyclic) bond motifs is 1. The van der Waals surface area contributed by atoms with Crippen molar-refractivity contribution in [1.82, 2.24) is 9.88 Å². The van der Waals surface area contributed by atoms with Gasteiger partial charge in [-0.25, -0.2) is 0 Å². The Morgan fingerprint density at radius 2 is 2.00 bits per heavy atom. The Bertz CT molecular complexity index is 1020. The van der Waals surface area contributed by atoms with Crippen LogP contribution in [-0.2, 0) is 9.53 Å². The van der Waals surface area contributed by atoms with Gasteiger partial charge in [-0.3, -0.25) is 4.79 Å². The molecule has 3 aromatic rings. The molecule has 2 heterocycles. The van der Waals surface area contributed by atoms with E-state index in [1.165, 1.54) is 10.9 Å². The quantitative estimate of drug-likeness (QED) is 0.515. The highest BCUT2D eigenvalue weighted by Gasteiger charge is 2.35. The number of hydrogen-bond donors (Lipinski definition) is 1. The van der Waals surface area contributed by atoms with E-state index in [-0.39, 0.29) is 18.1 Å². The predicted octanol–water partition coefficient (Wildman–Crippen LogP) is 5.32. The summed E-state index contributed by atoms with van der Waals surface area (Å²) in [6, 6.07) is 16.5. The molecule has 1 amide bonds. The average Bonchev–Trinajstić information content (AvgIpc) is 3.31. The summed E-state index contributed by atoms with van der Waals surface area (Å²) in [4.78, 5) is 18.4. The first-order chi connectivity index (χ1) is 14.6. The maximum atomic E-state index is 12.7. The molecule has 158 valence electrons. The van der Waals surface area contributed by atoms with Gasteiger partial charge in [0.1, 0.15) is 5.75 Å². The Morgan fingerprint density at radius 3 is 2.80 bits per heavy atom. The average molecular weight is 407 g/mol. The third-order valence-corrected chi connectivity index (χ3v) is 5.76. The van der Waals surface area contributed by atoms with Gasteiger partial charge in [-0.15, -0.1) is 0 Å². The number of para-hydroxylation sites is 1. The maximum absolute atomic E-state index is 12.7. The standard InChI is InChI=1S/C25H30N2O3/c1-17(2)30-15-7-14-27-22(12-13-23(27)28)24-20-10-4-5-11-21(20)26-25(24)18-8-6-9-19(16-18)29-3/h4-6,8-11,16-17,22,26H,7,12-15H2,1-3H3. The minimum Gasteiger partial charge on any atom is -0.497 e. The van der Waals surface area contributed by atoms with E-state index in [1.807, 2.05) is 43.0 Å². The second-order valence-electron chi connectivity index (χ2n) is 8.11. The molecule has 0 aliphatic carbocycles. The molecule has 1 aromatic heterocycles. The lowest BCUT2D eigenvalue weighted by Crippen LogP contribution is -2.29.